The van der Waals surface area contributed by atoms with E-state index in [1.165, 1.54) is 0 Å². The Kier molecular flexibility index (Phi) is 4.33. The van der Waals surface area contributed by atoms with Gasteiger partial charge in [0.25, 0.3) is 0 Å². The topological polar surface area (TPSA) is 81.1 Å². The van der Waals surface area contributed by atoms with Gasteiger partial charge in [-0.2, -0.15) is 18.2 Å². The molecule has 0 amide bonds. The van der Waals surface area contributed by atoms with Gasteiger partial charge in [-0.05, 0) is 19.4 Å². The lowest BCUT2D eigenvalue weighted by molar-refractivity contribution is -0.131. The van der Waals surface area contributed by atoms with Gasteiger partial charge in [-0.25, -0.2) is 0 Å². The number of alkyl halides is 3. The highest BCUT2D eigenvalue weighted by Crippen LogP contribution is 2.31. The zero-order valence-electron chi connectivity index (χ0n) is 12.5. The number of hydrogen-bond donors (Lipinski definition) is 0. The Labute approximate surface area is 129 Å². The van der Waals surface area contributed by atoms with Crippen LogP contribution in [0, 0.1) is 6.92 Å². The molecular formula is C13H16F3N5O2. The van der Waals surface area contributed by atoms with Crippen LogP contribution in [0.25, 0.3) is 0 Å². The lowest BCUT2D eigenvalue weighted by atomic mass is 10.0. The molecule has 2 aromatic rings. The van der Waals surface area contributed by atoms with Crippen LogP contribution in [0.4, 0.5) is 13.2 Å². The van der Waals surface area contributed by atoms with Crippen LogP contribution < -0.4 is 0 Å². The summed E-state index contributed by atoms with van der Waals surface area (Å²) < 4.78 is 47.3. The van der Waals surface area contributed by atoms with Crippen molar-refractivity contribution in [3.63, 3.8) is 0 Å². The lowest BCUT2D eigenvalue weighted by Crippen LogP contribution is -2.33. The Morgan fingerprint density at radius 2 is 2.09 bits per heavy atom. The summed E-state index contributed by atoms with van der Waals surface area (Å²) in [6.45, 7) is 2.89. The molecule has 23 heavy (non-hydrogen) atoms. The van der Waals surface area contributed by atoms with E-state index in [9.17, 15) is 13.2 Å². The van der Waals surface area contributed by atoms with Crippen LogP contribution >= 0.6 is 0 Å². The first-order chi connectivity index (χ1) is 10.9. The van der Waals surface area contributed by atoms with E-state index in [1.807, 2.05) is 4.90 Å². The maximum atomic E-state index is 12.4. The average Bonchev–Trinajstić information content (AvgIpc) is 3.07. The molecule has 3 rings (SSSR count). The number of nitrogens with zero attached hydrogens (tertiary/aromatic N) is 5. The molecule has 1 aliphatic rings. The molecule has 0 saturated carbocycles. The number of hydrogen-bond acceptors (Lipinski definition) is 7. The summed E-state index contributed by atoms with van der Waals surface area (Å²) >= 11 is 0. The predicted molar refractivity (Wildman–Crippen MR) is 70.1 cm³/mol. The summed E-state index contributed by atoms with van der Waals surface area (Å²) in [6.07, 6.45) is -2.90. The molecule has 0 unspecified atom stereocenters. The Balaban J connectivity index is 1.73. The molecule has 2 aromatic heterocycles. The van der Waals surface area contributed by atoms with Crippen molar-refractivity contribution in [2.45, 2.75) is 51.4 Å². The third kappa shape index (κ3) is 4.06. The van der Waals surface area contributed by atoms with Crippen molar-refractivity contribution in [3.05, 3.63) is 23.5 Å². The Bertz CT molecular complexity index is 654. The standard InChI is InChI=1S/C13H16F3N5O2/c1-8-17-10(20-23-8)7-21-5-3-2-4-9(21)12-19-18-11(22-12)6-13(14,15)16/h9H,2-7H2,1H3/t9-/m0/s1. The molecular weight excluding hydrogens is 315 g/mol. The molecule has 126 valence electrons. The van der Waals surface area contributed by atoms with E-state index in [1.54, 1.807) is 6.92 Å². The van der Waals surface area contributed by atoms with Gasteiger partial charge in [0.1, 0.15) is 6.42 Å². The van der Waals surface area contributed by atoms with Gasteiger partial charge in [-0.15, -0.1) is 10.2 Å². The number of piperidine rings is 1. The molecule has 1 atom stereocenters. The zero-order chi connectivity index (χ0) is 16.4. The van der Waals surface area contributed by atoms with Crippen molar-refractivity contribution in [2.75, 3.05) is 6.54 Å². The maximum Gasteiger partial charge on any atom is 0.397 e. The first-order valence-corrected chi connectivity index (χ1v) is 7.33. The van der Waals surface area contributed by atoms with Crippen LogP contribution in [0.15, 0.2) is 8.94 Å². The molecule has 0 aromatic carbocycles. The summed E-state index contributed by atoms with van der Waals surface area (Å²) in [6, 6.07) is -0.225. The molecule has 1 fully saturated rings. The highest BCUT2D eigenvalue weighted by molar-refractivity contribution is 4.96. The van der Waals surface area contributed by atoms with Crippen LogP contribution in [-0.4, -0.2) is 38.0 Å². The monoisotopic (exact) mass is 331 g/mol. The van der Waals surface area contributed by atoms with Gasteiger partial charge in [-0.1, -0.05) is 11.6 Å². The van der Waals surface area contributed by atoms with Gasteiger partial charge < -0.3 is 8.94 Å². The van der Waals surface area contributed by atoms with Gasteiger partial charge in [-0.3, -0.25) is 4.90 Å². The number of aromatic nitrogens is 4. The van der Waals surface area contributed by atoms with Crippen LogP contribution in [0.3, 0.4) is 0 Å². The molecule has 1 saturated heterocycles. The van der Waals surface area contributed by atoms with Crippen molar-refractivity contribution in [2.24, 2.45) is 0 Å². The van der Waals surface area contributed by atoms with Crippen molar-refractivity contribution in [1.29, 1.82) is 0 Å². The SMILES string of the molecule is Cc1nc(CN2CCCC[C@H]2c2nnc(CC(F)(F)F)o2)no1. The van der Waals surface area contributed by atoms with Gasteiger partial charge in [0, 0.05) is 6.92 Å². The van der Waals surface area contributed by atoms with Gasteiger partial charge in [0.05, 0.1) is 12.6 Å². The van der Waals surface area contributed by atoms with Crippen molar-refractivity contribution in [1.82, 2.24) is 25.2 Å². The highest BCUT2D eigenvalue weighted by Gasteiger charge is 2.33. The Morgan fingerprint density at radius 3 is 2.78 bits per heavy atom. The van der Waals surface area contributed by atoms with E-state index >= 15 is 0 Å². The average molecular weight is 331 g/mol. The van der Waals surface area contributed by atoms with Gasteiger partial charge in [0.2, 0.25) is 17.7 Å². The molecule has 0 radical (unpaired) electrons. The first-order valence-electron chi connectivity index (χ1n) is 7.33. The zero-order valence-corrected chi connectivity index (χ0v) is 12.5. The van der Waals surface area contributed by atoms with Crippen LogP contribution in [-0.2, 0) is 13.0 Å². The second kappa shape index (κ2) is 6.26. The van der Waals surface area contributed by atoms with Crippen molar-refractivity contribution < 1.29 is 22.1 Å². The van der Waals surface area contributed by atoms with E-state index in [-0.39, 0.29) is 11.9 Å². The summed E-state index contributed by atoms with van der Waals surface area (Å²) in [4.78, 5) is 6.18. The molecule has 0 aliphatic carbocycles. The van der Waals surface area contributed by atoms with Crippen LogP contribution in [0.2, 0.25) is 0 Å². The fraction of sp³-hybridized carbons (Fsp3) is 0.692. The lowest BCUT2D eigenvalue weighted by Gasteiger charge is -2.32. The Hall–Kier alpha value is -1.97. The minimum atomic E-state index is -4.36. The third-order valence-electron chi connectivity index (χ3n) is 3.65. The molecule has 3 heterocycles. The molecule has 0 spiro atoms. The van der Waals surface area contributed by atoms with Gasteiger partial charge in [0.15, 0.2) is 5.82 Å². The first kappa shape index (κ1) is 15.9. The third-order valence-corrected chi connectivity index (χ3v) is 3.65. The summed E-state index contributed by atoms with van der Waals surface area (Å²) in [7, 11) is 0. The fourth-order valence-electron chi connectivity index (χ4n) is 2.69. The predicted octanol–water partition coefficient (Wildman–Crippen LogP) is 2.59. The smallest absolute Gasteiger partial charge is 0.397 e. The minimum absolute atomic E-state index is 0.212. The molecule has 10 heteroatoms. The fourth-order valence-corrected chi connectivity index (χ4v) is 2.69. The highest BCUT2D eigenvalue weighted by atomic mass is 19.4. The minimum Gasteiger partial charge on any atom is -0.423 e. The normalized spacial score (nSPS) is 20.1. The second-order valence-corrected chi connectivity index (χ2v) is 5.54. The van der Waals surface area contributed by atoms with Crippen molar-refractivity contribution in [3.8, 4) is 0 Å². The second-order valence-electron chi connectivity index (χ2n) is 5.54. The summed E-state index contributed by atoms with van der Waals surface area (Å²) in [5.74, 6) is 0.806. The summed E-state index contributed by atoms with van der Waals surface area (Å²) in [5.41, 5.74) is 0. The van der Waals surface area contributed by atoms with E-state index in [0.29, 0.717) is 18.3 Å². The van der Waals surface area contributed by atoms with E-state index in [4.69, 9.17) is 8.94 Å². The van der Waals surface area contributed by atoms with Crippen molar-refractivity contribution >= 4 is 0 Å². The van der Waals surface area contributed by atoms with E-state index < -0.39 is 18.5 Å². The number of rotatable bonds is 4. The number of likely N-dealkylation sites (tertiary alicyclic amines) is 1. The quantitative estimate of drug-likeness (QED) is 0.851. The van der Waals surface area contributed by atoms with Gasteiger partial charge >= 0.3 is 6.18 Å². The number of halogens is 3. The van der Waals surface area contributed by atoms with Crippen LogP contribution in [0.5, 0.6) is 0 Å². The molecule has 7 nitrogen and oxygen atoms in total. The molecule has 0 bridgehead atoms. The molecule has 0 N–H and O–H groups in total. The van der Waals surface area contributed by atoms with E-state index in [0.717, 1.165) is 25.8 Å². The summed E-state index contributed by atoms with van der Waals surface area (Å²) in [5, 5.41) is 11.2. The van der Waals surface area contributed by atoms with Crippen LogP contribution in [0.1, 0.15) is 48.8 Å². The Morgan fingerprint density at radius 1 is 1.26 bits per heavy atom. The van der Waals surface area contributed by atoms with E-state index in [2.05, 4.69) is 20.3 Å². The largest absolute Gasteiger partial charge is 0.423 e. The number of aryl methyl sites for hydroxylation is 1. The maximum absolute atomic E-state index is 12.4. The molecule has 1 aliphatic heterocycles.